The van der Waals surface area contributed by atoms with Crippen molar-refractivity contribution in [3.63, 3.8) is 0 Å². The van der Waals surface area contributed by atoms with Gasteiger partial charge in [-0.1, -0.05) is 191 Å². The van der Waals surface area contributed by atoms with Gasteiger partial charge in [0.2, 0.25) is 0 Å². The van der Waals surface area contributed by atoms with Gasteiger partial charge in [-0.25, -0.2) is 0 Å². The predicted octanol–water partition coefficient (Wildman–Crippen LogP) is 14.8. The number of benzene rings is 8. The second-order valence-electron chi connectivity index (χ2n) is 16.1. The largest absolute Gasteiger partial charge is 0.309 e. The second-order valence-corrected chi connectivity index (χ2v) is 16.1. The van der Waals surface area contributed by atoms with Gasteiger partial charge in [0.25, 0.3) is 0 Å². The first kappa shape index (κ1) is 33.2. The van der Waals surface area contributed by atoms with Crippen molar-refractivity contribution in [3.8, 4) is 55.6 Å². The molecule has 55 heavy (non-hydrogen) atoms. The van der Waals surface area contributed by atoms with Crippen LogP contribution in [0.2, 0.25) is 0 Å². The van der Waals surface area contributed by atoms with Crippen molar-refractivity contribution in [3.05, 3.63) is 210 Å². The zero-order valence-corrected chi connectivity index (χ0v) is 31.8. The molecule has 0 amide bonds. The fourth-order valence-electron chi connectivity index (χ4n) is 9.61. The third kappa shape index (κ3) is 5.07. The van der Waals surface area contributed by atoms with E-state index in [-0.39, 0.29) is 10.8 Å². The Kier molecular flexibility index (Phi) is 7.58. The first-order valence-corrected chi connectivity index (χ1v) is 19.5. The van der Waals surface area contributed by atoms with Gasteiger partial charge in [-0.05, 0) is 91.0 Å². The summed E-state index contributed by atoms with van der Waals surface area (Å²) in [6.45, 7) is 9.48. The highest BCUT2D eigenvalue weighted by Gasteiger charge is 2.38. The van der Waals surface area contributed by atoms with Crippen LogP contribution in [0.4, 0.5) is 17.1 Å². The molecule has 0 heterocycles. The van der Waals surface area contributed by atoms with Gasteiger partial charge in [0.1, 0.15) is 0 Å². The zero-order valence-electron chi connectivity index (χ0n) is 31.8. The number of rotatable bonds is 6. The third-order valence-corrected chi connectivity index (χ3v) is 12.3. The van der Waals surface area contributed by atoms with Crippen molar-refractivity contribution in [1.82, 2.24) is 0 Å². The Hall–Kier alpha value is -6.44. The van der Waals surface area contributed by atoms with Crippen molar-refractivity contribution in [2.45, 2.75) is 38.5 Å². The van der Waals surface area contributed by atoms with Crippen LogP contribution in [0.3, 0.4) is 0 Å². The van der Waals surface area contributed by atoms with Crippen molar-refractivity contribution in [2.24, 2.45) is 0 Å². The minimum atomic E-state index is -0.142. The van der Waals surface area contributed by atoms with Crippen LogP contribution in [-0.4, -0.2) is 0 Å². The highest BCUT2D eigenvalue weighted by atomic mass is 15.1. The third-order valence-electron chi connectivity index (χ3n) is 12.3. The lowest BCUT2D eigenvalue weighted by Crippen LogP contribution is -2.17. The maximum atomic E-state index is 2.54. The second kappa shape index (κ2) is 12.6. The molecule has 0 N–H and O–H groups in total. The smallest absolute Gasteiger partial charge is 0.0546 e. The summed E-state index contributed by atoms with van der Waals surface area (Å²) in [6.07, 6.45) is 0. The molecular formula is C54H43N. The maximum Gasteiger partial charge on any atom is 0.0546 e. The molecule has 0 aromatic heterocycles. The van der Waals surface area contributed by atoms with Gasteiger partial charge in [0.05, 0.1) is 11.4 Å². The molecule has 1 heteroatoms. The number of nitrogens with zero attached hydrogens (tertiary/aromatic N) is 1. The van der Waals surface area contributed by atoms with Gasteiger partial charge >= 0.3 is 0 Å². The lowest BCUT2D eigenvalue weighted by molar-refractivity contribution is 0.660. The monoisotopic (exact) mass is 705 g/mol. The van der Waals surface area contributed by atoms with E-state index in [1.807, 2.05) is 0 Å². The molecule has 0 aliphatic heterocycles. The SMILES string of the molecule is CC1(C)c2ccccc2-c2ccc(N(c3ccccc3-c3cccc4c3-c3ccccc3C4(C)C)c3cccc(-c4ccccc4)c3-c3ccccc3)cc21. The summed E-state index contributed by atoms with van der Waals surface area (Å²) in [5, 5.41) is 0. The number of para-hydroxylation sites is 1. The summed E-state index contributed by atoms with van der Waals surface area (Å²) >= 11 is 0. The highest BCUT2D eigenvalue weighted by molar-refractivity contribution is 6.02. The lowest BCUT2D eigenvalue weighted by atomic mass is 9.82. The highest BCUT2D eigenvalue weighted by Crippen LogP contribution is 2.56. The molecule has 8 aromatic rings. The minimum absolute atomic E-state index is 0.0956. The maximum absolute atomic E-state index is 2.54. The Morgan fingerprint density at radius 2 is 0.800 bits per heavy atom. The molecule has 264 valence electrons. The van der Waals surface area contributed by atoms with Crippen LogP contribution >= 0.6 is 0 Å². The number of hydrogen-bond acceptors (Lipinski definition) is 1. The number of hydrogen-bond donors (Lipinski definition) is 0. The summed E-state index contributed by atoms with van der Waals surface area (Å²) in [5.41, 5.74) is 21.2. The average Bonchev–Trinajstić information content (AvgIpc) is 3.61. The lowest BCUT2D eigenvalue weighted by Gasteiger charge is -2.32. The van der Waals surface area contributed by atoms with Gasteiger partial charge in [0.15, 0.2) is 0 Å². The zero-order chi connectivity index (χ0) is 37.3. The normalized spacial score (nSPS) is 14.1. The van der Waals surface area contributed by atoms with E-state index in [1.165, 1.54) is 77.9 Å². The Morgan fingerprint density at radius 3 is 1.55 bits per heavy atom. The standard InChI is InChI=1S/C54H43N/c1-53(2)46-29-15-12-25-44(46)52-43(27-17-30-47(52)53)42-24-13-16-31-49(42)55(38-33-34-41-40-23-11-14-28-45(40)54(3,4)48(41)35-38)50-32-18-26-39(36-19-7-5-8-20-36)51(50)37-21-9-6-10-22-37/h5-35H,1-4H3. The molecule has 0 radical (unpaired) electrons. The molecule has 0 saturated heterocycles. The van der Waals surface area contributed by atoms with E-state index >= 15 is 0 Å². The van der Waals surface area contributed by atoms with E-state index in [1.54, 1.807) is 0 Å². The first-order valence-electron chi connectivity index (χ1n) is 19.5. The Bertz CT molecular complexity index is 2750. The quantitative estimate of drug-likeness (QED) is 0.166. The number of anilines is 3. The molecule has 8 aromatic carbocycles. The van der Waals surface area contributed by atoms with Gasteiger partial charge in [-0.3, -0.25) is 0 Å². The summed E-state index contributed by atoms with van der Waals surface area (Å²) in [6, 6.07) is 69.6. The fourth-order valence-corrected chi connectivity index (χ4v) is 9.61. The van der Waals surface area contributed by atoms with Crippen LogP contribution in [0.25, 0.3) is 55.6 Å². The van der Waals surface area contributed by atoms with Crippen LogP contribution in [-0.2, 0) is 10.8 Å². The average molecular weight is 706 g/mol. The molecule has 1 nitrogen and oxygen atoms in total. The molecule has 10 rings (SSSR count). The summed E-state index contributed by atoms with van der Waals surface area (Å²) < 4.78 is 0. The van der Waals surface area contributed by atoms with E-state index in [9.17, 15) is 0 Å². The van der Waals surface area contributed by atoms with E-state index in [2.05, 4.69) is 221 Å². The van der Waals surface area contributed by atoms with Gasteiger partial charge in [-0.2, -0.15) is 0 Å². The molecule has 0 spiro atoms. The van der Waals surface area contributed by atoms with Crippen molar-refractivity contribution in [2.75, 3.05) is 4.90 Å². The van der Waals surface area contributed by atoms with E-state index in [4.69, 9.17) is 0 Å². The van der Waals surface area contributed by atoms with Crippen LogP contribution in [0.1, 0.15) is 49.9 Å². The van der Waals surface area contributed by atoms with Gasteiger partial charge in [-0.15, -0.1) is 0 Å². The molecule has 0 atom stereocenters. The van der Waals surface area contributed by atoms with Gasteiger partial charge in [0, 0.05) is 27.6 Å². The van der Waals surface area contributed by atoms with Gasteiger partial charge < -0.3 is 4.90 Å². The van der Waals surface area contributed by atoms with Crippen molar-refractivity contribution >= 4 is 17.1 Å². The van der Waals surface area contributed by atoms with Crippen LogP contribution in [0.15, 0.2) is 188 Å². The Morgan fingerprint density at radius 1 is 0.309 bits per heavy atom. The van der Waals surface area contributed by atoms with Crippen LogP contribution in [0.5, 0.6) is 0 Å². The summed E-state index contributed by atoms with van der Waals surface area (Å²) in [7, 11) is 0. The van der Waals surface area contributed by atoms with Crippen LogP contribution in [0, 0.1) is 0 Å². The molecule has 0 fully saturated rings. The first-order chi connectivity index (χ1) is 26.8. The Labute approximate surface area is 325 Å². The number of fused-ring (bicyclic) bond motifs is 6. The summed E-state index contributed by atoms with van der Waals surface area (Å²) in [4.78, 5) is 2.54. The van der Waals surface area contributed by atoms with E-state index in [0.717, 1.165) is 17.1 Å². The molecule has 2 aliphatic rings. The topological polar surface area (TPSA) is 3.24 Å². The molecule has 0 saturated carbocycles. The molecular weight excluding hydrogens is 663 g/mol. The van der Waals surface area contributed by atoms with E-state index < -0.39 is 0 Å². The van der Waals surface area contributed by atoms with Crippen molar-refractivity contribution < 1.29 is 0 Å². The Balaban J connectivity index is 1.28. The molecule has 0 bridgehead atoms. The fraction of sp³-hybridized carbons (Fsp3) is 0.111. The van der Waals surface area contributed by atoms with E-state index in [0.29, 0.717) is 0 Å². The van der Waals surface area contributed by atoms with Crippen LogP contribution < -0.4 is 4.90 Å². The molecule has 2 aliphatic carbocycles. The van der Waals surface area contributed by atoms with Crippen molar-refractivity contribution in [1.29, 1.82) is 0 Å². The predicted molar refractivity (Wildman–Crippen MR) is 233 cm³/mol. The minimum Gasteiger partial charge on any atom is -0.309 e. The summed E-state index contributed by atoms with van der Waals surface area (Å²) in [5.74, 6) is 0. The molecule has 0 unspecified atom stereocenters.